The Labute approximate surface area is 349 Å². The molecular formula is C43H55FN8O8. The lowest BCUT2D eigenvalue weighted by Crippen LogP contribution is -2.56. The fraction of sp³-hybridized carbons (Fsp3) is 0.488. The molecule has 17 heteroatoms. The van der Waals surface area contributed by atoms with Crippen molar-refractivity contribution in [1.29, 1.82) is 0 Å². The van der Waals surface area contributed by atoms with Gasteiger partial charge in [-0.15, -0.1) is 0 Å². The Bertz CT molecular complexity index is 2270. The summed E-state index contributed by atoms with van der Waals surface area (Å²) in [5, 5.41) is 3.05. The summed E-state index contributed by atoms with van der Waals surface area (Å²) in [6, 6.07) is 10.7. The molecular weight excluding hydrogens is 776 g/mol. The number of piperidine rings is 2. The molecule has 2 aliphatic rings. The van der Waals surface area contributed by atoms with Crippen LogP contribution in [-0.2, 0) is 6.54 Å². The molecule has 2 unspecified atom stereocenters. The number of likely N-dealkylation sites (tertiary alicyclic amines) is 1. The number of hydrogen-bond donors (Lipinski definition) is 1. The van der Waals surface area contributed by atoms with Crippen molar-refractivity contribution in [3.63, 3.8) is 0 Å². The molecule has 4 heterocycles. The number of rotatable bonds is 16. The van der Waals surface area contributed by atoms with Gasteiger partial charge in [0.15, 0.2) is 34.5 Å². The minimum atomic E-state index is -0.473. The van der Waals surface area contributed by atoms with Gasteiger partial charge in [0.25, 0.3) is 0 Å². The molecule has 16 nitrogen and oxygen atoms in total. The molecule has 60 heavy (non-hydrogen) atoms. The standard InChI is InChI=1S/C43H55FN8O8/c1-9-59-37-17-25(18-38(39(37)44)60-10-2)24-50-14-11-26(12-15-50)32-19-27(52(45)43-47-31-23-36(56-6)34(54-4)21-29(31)41(49-43)58-8)13-16-51(32)42-46-30-22-35(55-5)33(53-3)20-28(30)40(48-42)57-7/h17-18,20-23,26-27,32H,9-16,19,24,45H2,1-8H3. The van der Waals surface area contributed by atoms with Crippen LogP contribution in [0, 0.1) is 11.7 Å². The third-order valence-electron chi connectivity index (χ3n) is 11.4. The average Bonchev–Trinajstić information content (AvgIpc) is 3.28. The third-order valence-corrected chi connectivity index (χ3v) is 11.4. The molecule has 322 valence electrons. The van der Waals surface area contributed by atoms with Crippen LogP contribution < -0.4 is 53.6 Å². The molecule has 7 rings (SSSR count). The van der Waals surface area contributed by atoms with Crippen molar-refractivity contribution in [3.8, 4) is 46.3 Å². The Balaban J connectivity index is 1.20. The molecule has 5 aromatic rings. The Morgan fingerprint density at radius 2 is 1.18 bits per heavy atom. The second-order valence-electron chi connectivity index (χ2n) is 14.7. The van der Waals surface area contributed by atoms with Crippen LogP contribution in [0.2, 0.25) is 0 Å². The summed E-state index contributed by atoms with van der Waals surface area (Å²) in [4.78, 5) is 24.4. The minimum Gasteiger partial charge on any atom is -0.493 e. The molecule has 2 N–H and O–H groups in total. The molecule has 3 aromatic carbocycles. The number of hydrogen-bond acceptors (Lipinski definition) is 16. The first kappa shape index (κ1) is 42.3. The zero-order chi connectivity index (χ0) is 42.5. The van der Waals surface area contributed by atoms with E-state index in [0.29, 0.717) is 108 Å². The molecule has 0 aliphatic carbocycles. The number of fused-ring (bicyclic) bond motifs is 2. The molecule has 2 aromatic heterocycles. The summed E-state index contributed by atoms with van der Waals surface area (Å²) in [6.45, 7) is 7.29. The number of benzene rings is 3. The van der Waals surface area contributed by atoms with Gasteiger partial charge in [-0.1, -0.05) is 0 Å². The highest BCUT2D eigenvalue weighted by Crippen LogP contribution is 2.41. The molecule has 0 amide bonds. The first-order chi connectivity index (χ1) is 29.2. The van der Waals surface area contributed by atoms with E-state index >= 15 is 4.39 Å². The van der Waals surface area contributed by atoms with Crippen LogP contribution in [0.1, 0.15) is 45.1 Å². The van der Waals surface area contributed by atoms with Crippen LogP contribution in [0.5, 0.6) is 46.3 Å². The van der Waals surface area contributed by atoms with Crippen LogP contribution in [-0.4, -0.2) is 112 Å². The van der Waals surface area contributed by atoms with E-state index < -0.39 is 5.82 Å². The van der Waals surface area contributed by atoms with Crippen LogP contribution >= 0.6 is 0 Å². The molecule has 0 radical (unpaired) electrons. The van der Waals surface area contributed by atoms with Crippen LogP contribution in [0.25, 0.3) is 21.8 Å². The fourth-order valence-corrected chi connectivity index (χ4v) is 8.47. The Hall–Kier alpha value is -5.81. The lowest BCUT2D eigenvalue weighted by atomic mass is 9.82. The zero-order valence-corrected chi connectivity index (χ0v) is 35.6. The van der Waals surface area contributed by atoms with Crippen LogP contribution in [0.15, 0.2) is 36.4 Å². The fourth-order valence-electron chi connectivity index (χ4n) is 8.47. The van der Waals surface area contributed by atoms with Gasteiger partial charge in [-0.2, -0.15) is 14.4 Å². The minimum absolute atomic E-state index is 0.00843. The Morgan fingerprint density at radius 1 is 0.650 bits per heavy atom. The van der Waals surface area contributed by atoms with Crippen molar-refractivity contribution in [3.05, 3.63) is 47.8 Å². The first-order valence-corrected chi connectivity index (χ1v) is 20.2. The molecule has 2 saturated heterocycles. The van der Waals surface area contributed by atoms with Gasteiger partial charge in [0.05, 0.1) is 83.7 Å². The smallest absolute Gasteiger partial charge is 0.243 e. The quantitative estimate of drug-likeness (QED) is 0.0885. The van der Waals surface area contributed by atoms with Crippen molar-refractivity contribution < 1.29 is 42.3 Å². The number of ether oxygens (including phenoxy) is 8. The van der Waals surface area contributed by atoms with Gasteiger partial charge in [0.1, 0.15) is 0 Å². The van der Waals surface area contributed by atoms with E-state index in [2.05, 4.69) is 9.80 Å². The summed E-state index contributed by atoms with van der Waals surface area (Å²) in [5.74, 6) is 11.1. The van der Waals surface area contributed by atoms with E-state index in [4.69, 9.17) is 63.7 Å². The number of methoxy groups -OCH3 is 6. The average molecular weight is 831 g/mol. The summed E-state index contributed by atoms with van der Waals surface area (Å²) in [5.41, 5.74) is 2.22. The normalized spacial score (nSPS) is 17.4. The number of nitrogens with two attached hydrogens (primary N) is 1. The van der Waals surface area contributed by atoms with Gasteiger partial charge < -0.3 is 42.8 Å². The summed E-state index contributed by atoms with van der Waals surface area (Å²) in [6.07, 6.45) is 3.15. The van der Waals surface area contributed by atoms with Crippen LogP contribution in [0.3, 0.4) is 0 Å². The number of halogens is 1. The van der Waals surface area contributed by atoms with Crippen LogP contribution in [0.4, 0.5) is 16.3 Å². The first-order valence-electron chi connectivity index (χ1n) is 20.2. The topological polar surface area (TPSA) is 161 Å². The number of hydrazine groups is 1. The largest absolute Gasteiger partial charge is 0.493 e. The second kappa shape index (κ2) is 18.6. The maximum absolute atomic E-state index is 15.1. The Kier molecular flexibility index (Phi) is 13.1. The number of aromatic nitrogens is 4. The highest BCUT2D eigenvalue weighted by molar-refractivity contribution is 5.89. The highest BCUT2D eigenvalue weighted by atomic mass is 19.1. The lowest BCUT2D eigenvalue weighted by Gasteiger charge is -2.47. The van der Waals surface area contributed by atoms with Crippen molar-refractivity contribution in [2.24, 2.45) is 11.8 Å². The monoisotopic (exact) mass is 830 g/mol. The van der Waals surface area contributed by atoms with Gasteiger partial charge in [0.2, 0.25) is 29.5 Å². The summed E-state index contributed by atoms with van der Waals surface area (Å²) < 4.78 is 60.2. The van der Waals surface area contributed by atoms with Crippen molar-refractivity contribution >= 4 is 33.7 Å². The van der Waals surface area contributed by atoms with Gasteiger partial charge >= 0.3 is 0 Å². The predicted molar refractivity (Wildman–Crippen MR) is 226 cm³/mol. The van der Waals surface area contributed by atoms with E-state index in [1.807, 2.05) is 26.0 Å². The van der Waals surface area contributed by atoms with Crippen molar-refractivity contribution in [1.82, 2.24) is 24.8 Å². The van der Waals surface area contributed by atoms with Crippen molar-refractivity contribution in [2.45, 2.75) is 58.2 Å². The SMILES string of the molecule is CCOc1cc(CN2CCC(C3CC(N(N)c4nc(OC)c5cc(OC)c(OC)cc5n4)CCN3c3nc(OC)c4cc(OC)c(OC)cc4n3)CC2)cc(OCC)c1F. The number of nitrogens with zero attached hydrogens (tertiary/aromatic N) is 7. The van der Waals surface area contributed by atoms with E-state index in [0.717, 1.165) is 31.5 Å². The van der Waals surface area contributed by atoms with E-state index in [-0.39, 0.29) is 29.5 Å². The summed E-state index contributed by atoms with van der Waals surface area (Å²) >= 11 is 0. The second-order valence-corrected chi connectivity index (χ2v) is 14.7. The molecule has 2 aliphatic heterocycles. The molecule has 0 spiro atoms. The molecule has 0 bridgehead atoms. The van der Waals surface area contributed by atoms with E-state index in [1.54, 1.807) is 71.9 Å². The predicted octanol–water partition coefficient (Wildman–Crippen LogP) is 6.19. The van der Waals surface area contributed by atoms with Gasteiger partial charge in [-0.05, 0) is 88.4 Å². The molecule has 2 fully saturated rings. The molecule has 0 saturated carbocycles. The highest BCUT2D eigenvalue weighted by Gasteiger charge is 2.40. The lowest BCUT2D eigenvalue weighted by molar-refractivity contribution is 0.147. The van der Waals surface area contributed by atoms with Gasteiger partial charge in [-0.25, -0.2) is 15.8 Å². The third kappa shape index (κ3) is 8.45. The summed E-state index contributed by atoms with van der Waals surface area (Å²) in [7, 11) is 9.53. The maximum atomic E-state index is 15.1. The van der Waals surface area contributed by atoms with Gasteiger partial charge in [0, 0.05) is 31.3 Å². The zero-order valence-electron chi connectivity index (χ0n) is 35.6. The number of anilines is 2. The van der Waals surface area contributed by atoms with Crippen molar-refractivity contribution in [2.75, 3.05) is 85.4 Å². The molecule has 2 atom stereocenters. The van der Waals surface area contributed by atoms with Gasteiger partial charge in [-0.3, -0.25) is 9.91 Å². The Morgan fingerprint density at radius 3 is 1.72 bits per heavy atom. The maximum Gasteiger partial charge on any atom is 0.243 e. The van der Waals surface area contributed by atoms with E-state index in [1.165, 1.54) is 0 Å². The van der Waals surface area contributed by atoms with E-state index in [9.17, 15) is 0 Å².